The number of phenols is 1. The van der Waals surface area contributed by atoms with Crippen LogP contribution in [0.1, 0.15) is 38.7 Å². The fraction of sp³-hybridized carbons (Fsp3) is 0.485. The van der Waals surface area contributed by atoms with Crippen LogP contribution in [0.2, 0.25) is 0 Å². The summed E-state index contributed by atoms with van der Waals surface area (Å²) in [6.45, 7) is 6.42. The molecular weight excluding hydrogens is 587 g/mol. The number of β-amino-alcohol motifs (C(OH)–C–C–N with tert-alkyl or cyclic N) is 1. The van der Waals surface area contributed by atoms with Crippen LogP contribution in [-0.2, 0) is 11.2 Å². The molecule has 0 aliphatic carbocycles. The predicted octanol–water partition coefficient (Wildman–Crippen LogP) is 5.18. The summed E-state index contributed by atoms with van der Waals surface area (Å²) in [5.41, 5.74) is -0.615. The first-order valence-corrected chi connectivity index (χ1v) is 15.4. The van der Waals surface area contributed by atoms with Crippen molar-refractivity contribution in [1.82, 2.24) is 19.9 Å². The molecule has 0 saturated carbocycles. The number of aromatic nitrogens is 3. The van der Waals surface area contributed by atoms with Gasteiger partial charge in [0.25, 0.3) is 0 Å². The quantitative estimate of drug-likeness (QED) is 0.318. The van der Waals surface area contributed by atoms with Crippen LogP contribution in [-0.4, -0.2) is 94.4 Å². The first-order chi connectivity index (χ1) is 21.6. The van der Waals surface area contributed by atoms with Gasteiger partial charge in [-0.15, -0.1) is 0 Å². The van der Waals surface area contributed by atoms with Crippen molar-refractivity contribution in [2.24, 2.45) is 0 Å². The van der Waals surface area contributed by atoms with Crippen LogP contribution < -0.4 is 9.64 Å². The Bertz CT molecular complexity index is 1710. The van der Waals surface area contributed by atoms with Gasteiger partial charge in [0.15, 0.2) is 5.82 Å². The van der Waals surface area contributed by atoms with Gasteiger partial charge in [-0.1, -0.05) is 13.0 Å². The number of methoxy groups -OCH3 is 1. The molecular formula is C33H38F3N5O4. The second-order valence-corrected chi connectivity index (χ2v) is 12.3. The molecule has 0 amide bonds. The van der Waals surface area contributed by atoms with Crippen molar-refractivity contribution in [3.05, 3.63) is 47.7 Å². The lowest BCUT2D eigenvalue weighted by Gasteiger charge is -2.29. The zero-order valence-corrected chi connectivity index (χ0v) is 25.7. The van der Waals surface area contributed by atoms with E-state index in [2.05, 4.69) is 19.9 Å². The molecule has 0 bridgehead atoms. The van der Waals surface area contributed by atoms with Gasteiger partial charge in [0, 0.05) is 30.9 Å². The van der Waals surface area contributed by atoms with Crippen LogP contribution in [0.15, 0.2) is 30.5 Å². The maximum Gasteiger partial charge on any atom is 0.318 e. The number of pyridine rings is 1. The number of rotatable bonds is 4. The summed E-state index contributed by atoms with van der Waals surface area (Å²) in [4.78, 5) is 17.1. The molecule has 3 saturated heterocycles. The Kier molecular flexibility index (Phi) is 8.73. The minimum absolute atomic E-state index is 0.0439. The normalized spacial score (nSPS) is 23.6. The van der Waals surface area contributed by atoms with E-state index in [0.29, 0.717) is 59.7 Å². The highest BCUT2D eigenvalue weighted by molar-refractivity contribution is 6.01. The number of fused-ring (bicyclic) bond motifs is 3. The molecule has 3 aliphatic rings. The fourth-order valence-corrected chi connectivity index (χ4v) is 6.78. The van der Waals surface area contributed by atoms with Crippen molar-refractivity contribution in [2.75, 3.05) is 51.4 Å². The third-order valence-corrected chi connectivity index (χ3v) is 8.80. The second-order valence-electron chi connectivity index (χ2n) is 12.3. The minimum atomic E-state index is -1.14. The Balaban J connectivity index is 0.000000337. The van der Waals surface area contributed by atoms with E-state index in [4.69, 9.17) is 9.47 Å². The average molecular weight is 626 g/mol. The lowest BCUT2D eigenvalue weighted by atomic mass is 9.94. The average Bonchev–Trinajstić information content (AvgIpc) is 3.53. The van der Waals surface area contributed by atoms with Gasteiger partial charge in [0.05, 0.1) is 32.3 Å². The Morgan fingerprint density at radius 1 is 1.18 bits per heavy atom. The summed E-state index contributed by atoms with van der Waals surface area (Å²) in [7, 11) is 1.38. The molecule has 3 atom stereocenters. The molecule has 3 unspecified atom stereocenters. The number of halogens is 3. The number of aliphatic hydroxyl groups is 1. The summed E-state index contributed by atoms with van der Waals surface area (Å²) in [6.07, 6.45) is 4.63. The van der Waals surface area contributed by atoms with Crippen LogP contribution in [0.5, 0.6) is 11.8 Å². The van der Waals surface area contributed by atoms with Crippen LogP contribution in [0.25, 0.3) is 32.9 Å². The predicted molar refractivity (Wildman–Crippen MR) is 166 cm³/mol. The molecule has 3 fully saturated rings. The Morgan fingerprint density at radius 2 is 2.00 bits per heavy atom. The molecule has 0 radical (unpaired) electrons. The number of anilines is 1. The number of nitrogens with zero attached hydrogens (tertiary/aromatic N) is 5. The molecule has 7 rings (SSSR count). The molecule has 45 heavy (non-hydrogen) atoms. The number of hydrogen-bond donors (Lipinski definition) is 2. The van der Waals surface area contributed by atoms with Gasteiger partial charge in [-0.2, -0.15) is 9.97 Å². The van der Waals surface area contributed by atoms with Crippen molar-refractivity contribution >= 4 is 27.5 Å². The summed E-state index contributed by atoms with van der Waals surface area (Å²) in [5, 5.41) is 22.4. The first kappa shape index (κ1) is 31.3. The third-order valence-electron chi connectivity index (χ3n) is 8.80. The Morgan fingerprint density at radius 3 is 2.76 bits per heavy atom. The Hall–Kier alpha value is -3.74. The molecule has 3 aliphatic heterocycles. The molecule has 240 valence electrons. The van der Waals surface area contributed by atoms with Crippen LogP contribution in [0, 0.1) is 11.6 Å². The lowest BCUT2D eigenvalue weighted by molar-refractivity contribution is -0.0123. The topological polar surface area (TPSA) is 104 Å². The van der Waals surface area contributed by atoms with Gasteiger partial charge in [-0.05, 0) is 73.7 Å². The van der Waals surface area contributed by atoms with E-state index >= 15 is 4.39 Å². The molecule has 12 heteroatoms. The minimum Gasteiger partial charge on any atom is -0.508 e. The number of alkyl halides is 1. The van der Waals surface area contributed by atoms with Crippen molar-refractivity contribution in [3.63, 3.8) is 0 Å². The van der Waals surface area contributed by atoms with Crippen LogP contribution in [0.4, 0.5) is 19.0 Å². The lowest BCUT2D eigenvalue weighted by Crippen LogP contribution is -2.42. The number of aryl methyl sites for hydroxylation is 1. The number of phenolic OH excluding ortho intramolecular Hbond substituents is 1. The van der Waals surface area contributed by atoms with Crippen LogP contribution in [0.3, 0.4) is 0 Å². The highest BCUT2D eigenvalue weighted by Crippen LogP contribution is 2.39. The van der Waals surface area contributed by atoms with Gasteiger partial charge >= 0.3 is 6.01 Å². The van der Waals surface area contributed by atoms with E-state index < -0.39 is 23.4 Å². The molecule has 5 heterocycles. The molecule has 2 N–H and O–H groups in total. The molecule has 4 aromatic rings. The molecule has 2 aromatic heterocycles. The highest BCUT2D eigenvalue weighted by atomic mass is 19.1. The SMILES string of the molecule is CCc1c(F)ccc2cc(O)cc(-c3ncc4c(N5CCOCC(C)(O)C5)nc(OC)nc4c3F)c12.FC1CC2CCCN2C1. The van der Waals surface area contributed by atoms with Gasteiger partial charge in [-0.3, -0.25) is 9.88 Å². The number of ether oxygens (including phenoxy) is 2. The summed E-state index contributed by atoms with van der Waals surface area (Å²) < 4.78 is 54.2. The Labute approximate surface area is 259 Å². The fourth-order valence-electron chi connectivity index (χ4n) is 6.78. The molecule has 9 nitrogen and oxygen atoms in total. The molecule has 0 spiro atoms. The second kappa shape index (κ2) is 12.6. The van der Waals surface area contributed by atoms with Gasteiger partial charge in [-0.25, -0.2) is 13.2 Å². The van der Waals surface area contributed by atoms with Crippen molar-refractivity contribution < 1.29 is 32.9 Å². The standard InChI is InChI=1S/C26H26F2N4O4.C7H12FN/c1-4-16-19(27)6-5-14-9-15(33)10-17(20(14)16)22-21(28)23-18(11-29-22)24(31-25(30-23)35-3)32-7-8-36-13-26(2,34)12-32;8-6-4-7-2-1-3-9(7)5-6/h5-6,9-11,33-34H,4,7-8,12-13H2,1-3H3;6-7H,1-5H2. The number of benzene rings is 2. The van der Waals surface area contributed by atoms with Gasteiger partial charge in [0.1, 0.15) is 40.4 Å². The summed E-state index contributed by atoms with van der Waals surface area (Å²) >= 11 is 0. The largest absolute Gasteiger partial charge is 0.508 e. The van der Waals surface area contributed by atoms with E-state index in [1.165, 1.54) is 44.3 Å². The van der Waals surface area contributed by atoms with E-state index in [0.717, 1.165) is 13.0 Å². The summed E-state index contributed by atoms with van der Waals surface area (Å²) in [6, 6.07) is 6.31. The monoisotopic (exact) mass is 625 g/mol. The number of hydrogen-bond acceptors (Lipinski definition) is 9. The van der Waals surface area contributed by atoms with Gasteiger partial charge < -0.3 is 24.6 Å². The van der Waals surface area contributed by atoms with Crippen LogP contribution >= 0.6 is 0 Å². The maximum absolute atomic E-state index is 16.2. The zero-order chi connectivity index (χ0) is 31.9. The number of aromatic hydroxyl groups is 1. The highest BCUT2D eigenvalue weighted by Gasteiger charge is 2.35. The zero-order valence-electron chi connectivity index (χ0n) is 25.7. The third kappa shape index (κ3) is 6.23. The maximum atomic E-state index is 16.2. The van der Waals surface area contributed by atoms with Crippen molar-refractivity contribution in [1.29, 1.82) is 0 Å². The van der Waals surface area contributed by atoms with Crippen molar-refractivity contribution in [2.45, 2.75) is 57.3 Å². The van der Waals surface area contributed by atoms with E-state index in [9.17, 15) is 19.0 Å². The molecule has 2 aromatic carbocycles. The smallest absolute Gasteiger partial charge is 0.318 e. The first-order valence-electron chi connectivity index (χ1n) is 15.4. The van der Waals surface area contributed by atoms with Gasteiger partial charge in [0.2, 0.25) is 0 Å². The van der Waals surface area contributed by atoms with E-state index in [1.54, 1.807) is 17.9 Å². The van der Waals surface area contributed by atoms with Crippen molar-refractivity contribution in [3.8, 4) is 23.0 Å². The van der Waals surface area contributed by atoms with E-state index in [1.807, 2.05) is 6.92 Å². The summed E-state index contributed by atoms with van der Waals surface area (Å²) in [5.74, 6) is -0.924. The van der Waals surface area contributed by atoms with E-state index in [-0.39, 0.29) is 41.7 Å².